The quantitative estimate of drug-likeness (QED) is 0.663. The molecule has 2 aromatic rings. The molecule has 0 bridgehead atoms. The Morgan fingerprint density at radius 3 is 2.27 bits per heavy atom. The average Bonchev–Trinajstić information content (AvgIpc) is 2.49. The second kappa shape index (κ2) is 8.28. The van der Waals surface area contributed by atoms with Crippen LogP contribution in [0.5, 0.6) is 0 Å². The van der Waals surface area contributed by atoms with Gasteiger partial charge in [-0.2, -0.15) is 0 Å². The Morgan fingerprint density at radius 1 is 1.05 bits per heavy atom. The first-order valence-corrected chi connectivity index (χ1v) is 7.96. The van der Waals surface area contributed by atoms with E-state index < -0.39 is 6.10 Å². The molecule has 0 radical (unpaired) electrons. The van der Waals surface area contributed by atoms with Crippen molar-refractivity contribution >= 4 is 28.9 Å². The number of rotatable bonds is 6. The summed E-state index contributed by atoms with van der Waals surface area (Å²) in [7, 11) is 0. The largest absolute Gasteiger partial charge is 0.481 e. The molecule has 0 aromatic heterocycles. The fraction of sp³-hybridized carbons (Fsp3) is 0.278. The molecule has 4 heteroatoms. The Morgan fingerprint density at radius 2 is 1.68 bits per heavy atom. The molecule has 0 saturated carbocycles. The monoisotopic (exact) mass is 334 g/mol. The molecule has 0 spiro atoms. The molecule has 0 N–H and O–H groups in total. The van der Waals surface area contributed by atoms with Crippen molar-refractivity contribution in [3.63, 3.8) is 0 Å². The maximum absolute atomic E-state index is 6.01. The van der Waals surface area contributed by atoms with Crippen LogP contribution >= 0.6 is 23.8 Å². The van der Waals surface area contributed by atoms with Gasteiger partial charge < -0.3 is 9.47 Å². The zero-order valence-corrected chi connectivity index (χ0v) is 14.2. The van der Waals surface area contributed by atoms with Gasteiger partial charge in [0.15, 0.2) is 11.2 Å². The fourth-order valence-electron chi connectivity index (χ4n) is 1.99. The third-order valence-corrected chi connectivity index (χ3v) is 3.56. The molecule has 1 atom stereocenters. The zero-order chi connectivity index (χ0) is 15.9. The Kier molecular flexibility index (Phi) is 6.37. The molecular weight excluding hydrogens is 316 g/mol. The highest BCUT2D eigenvalue weighted by Gasteiger charge is 2.20. The first-order valence-electron chi connectivity index (χ1n) is 7.17. The third kappa shape index (κ3) is 5.09. The van der Waals surface area contributed by atoms with E-state index in [9.17, 15) is 0 Å². The number of benzene rings is 2. The molecule has 0 aliphatic heterocycles. The van der Waals surface area contributed by atoms with Crippen LogP contribution in [0.15, 0.2) is 54.6 Å². The van der Waals surface area contributed by atoms with E-state index in [0.29, 0.717) is 16.7 Å². The van der Waals surface area contributed by atoms with Gasteiger partial charge >= 0.3 is 0 Å². The number of thiocarbonyl (C=S) groups is 1. The minimum absolute atomic E-state index is 0.0163. The van der Waals surface area contributed by atoms with Gasteiger partial charge in [-0.3, -0.25) is 0 Å². The van der Waals surface area contributed by atoms with Crippen molar-refractivity contribution in [3.05, 3.63) is 70.7 Å². The minimum Gasteiger partial charge on any atom is -0.481 e. The maximum Gasteiger partial charge on any atom is 0.193 e. The van der Waals surface area contributed by atoms with Crippen molar-refractivity contribution in [3.8, 4) is 0 Å². The van der Waals surface area contributed by atoms with Crippen LogP contribution in [0, 0.1) is 0 Å². The Bertz CT molecular complexity index is 596. The molecule has 0 aliphatic rings. The average molecular weight is 335 g/mol. The lowest BCUT2D eigenvalue weighted by Crippen LogP contribution is -2.20. The van der Waals surface area contributed by atoms with Crippen molar-refractivity contribution in [1.82, 2.24) is 0 Å². The van der Waals surface area contributed by atoms with Gasteiger partial charge in [-0.25, -0.2) is 0 Å². The van der Waals surface area contributed by atoms with Gasteiger partial charge in [-0.05, 0) is 49.3 Å². The molecule has 2 nitrogen and oxygen atoms in total. The van der Waals surface area contributed by atoms with E-state index in [4.69, 9.17) is 33.3 Å². The molecule has 2 aromatic carbocycles. The Hall–Kier alpha value is -1.42. The summed E-state index contributed by atoms with van der Waals surface area (Å²) in [5, 5.41) is 1.12. The molecule has 116 valence electrons. The summed E-state index contributed by atoms with van der Waals surface area (Å²) in [4.78, 5) is 0. The summed E-state index contributed by atoms with van der Waals surface area (Å²) in [5.74, 6) is 0. The first-order chi connectivity index (χ1) is 10.6. The van der Waals surface area contributed by atoms with Crippen LogP contribution in [-0.4, -0.2) is 11.2 Å². The lowest BCUT2D eigenvalue weighted by atomic mass is 10.1. The van der Waals surface area contributed by atoms with Crippen LogP contribution in [0.1, 0.15) is 31.1 Å². The van der Waals surface area contributed by atoms with E-state index >= 15 is 0 Å². The highest BCUT2D eigenvalue weighted by molar-refractivity contribution is 7.80. The van der Waals surface area contributed by atoms with E-state index in [2.05, 4.69) is 0 Å². The summed E-state index contributed by atoms with van der Waals surface area (Å²) in [5.41, 5.74) is 2.03. The van der Waals surface area contributed by atoms with Gasteiger partial charge in [0.25, 0.3) is 0 Å². The van der Waals surface area contributed by atoms with Crippen molar-refractivity contribution in [1.29, 1.82) is 0 Å². The predicted molar refractivity (Wildman–Crippen MR) is 94.2 cm³/mol. The van der Waals surface area contributed by atoms with Gasteiger partial charge in [0, 0.05) is 5.02 Å². The van der Waals surface area contributed by atoms with E-state index in [1.54, 1.807) is 0 Å². The van der Waals surface area contributed by atoms with Gasteiger partial charge in [-0.15, -0.1) is 0 Å². The van der Waals surface area contributed by atoms with E-state index in [0.717, 1.165) is 11.1 Å². The van der Waals surface area contributed by atoms with Crippen LogP contribution in [0.2, 0.25) is 5.02 Å². The van der Waals surface area contributed by atoms with Crippen molar-refractivity contribution in [2.45, 2.75) is 32.7 Å². The second-order valence-corrected chi connectivity index (χ2v) is 6.05. The van der Waals surface area contributed by atoms with E-state index in [1.165, 1.54) is 0 Å². The number of ether oxygens (including phenoxy) is 2. The molecular formula is C18H19ClO2S. The molecule has 22 heavy (non-hydrogen) atoms. The molecule has 0 fully saturated rings. The van der Waals surface area contributed by atoms with Crippen LogP contribution in [0.25, 0.3) is 0 Å². The summed E-state index contributed by atoms with van der Waals surface area (Å²) >= 11 is 11.4. The van der Waals surface area contributed by atoms with Crippen LogP contribution in [-0.2, 0) is 16.1 Å². The van der Waals surface area contributed by atoms with E-state index in [1.807, 2.05) is 68.4 Å². The normalized spacial score (nSPS) is 12.2. The van der Waals surface area contributed by atoms with Crippen LogP contribution < -0.4 is 0 Å². The van der Waals surface area contributed by atoms with Crippen molar-refractivity contribution < 1.29 is 9.47 Å². The number of hydrogen-bond acceptors (Lipinski definition) is 3. The molecule has 0 amide bonds. The topological polar surface area (TPSA) is 18.5 Å². The van der Waals surface area contributed by atoms with E-state index in [-0.39, 0.29) is 6.10 Å². The van der Waals surface area contributed by atoms with Crippen LogP contribution in [0.3, 0.4) is 0 Å². The third-order valence-electron chi connectivity index (χ3n) is 3.00. The second-order valence-electron chi connectivity index (χ2n) is 5.21. The summed E-state index contributed by atoms with van der Waals surface area (Å²) in [6.45, 7) is 4.36. The smallest absolute Gasteiger partial charge is 0.193 e. The SMILES string of the molecule is CC(C)OC(=S)C(OCc1ccccc1)c1ccc(Cl)cc1. The highest BCUT2D eigenvalue weighted by Crippen LogP contribution is 2.24. The fourth-order valence-corrected chi connectivity index (χ4v) is 2.51. The number of halogens is 1. The predicted octanol–water partition coefficient (Wildman–Crippen LogP) is 5.35. The molecule has 0 heterocycles. The lowest BCUT2D eigenvalue weighted by Gasteiger charge is -2.21. The zero-order valence-electron chi connectivity index (χ0n) is 12.7. The number of hydrogen-bond donors (Lipinski definition) is 0. The molecule has 1 unspecified atom stereocenters. The summed E-state index contributed by atoms with van der Waals surface area (Å²) in [6, 6.07) is 17.5. The minimum atomic E-state index is -0.394. The Balaban J connectivity index is 2.14. The molecule has 2 rings (SSSR count). The maximum atomic E-state index is 6.01. The standard InChI is InChI=1S/C18H19ClO2S/c1-13(2)21-18(22)17(15-8-10-16(19)11-9-15)20-12-14-6-4-3-5-7-14/h3-11,13,17H,12H2,1-2H3. The summed E-state index contributed by atoms with van der Waals surface area (Å²) < 4.78 is 11.7. The van der Waals surface area contributed by atoms with Gasteiger partial charge in [0.05, 0.1) is 12.7 Å². The van der Waals surface area contributed by atoms with Crippen molar-refractivity contribution in [2.75, 3.05) is 0 Å². The molecule has 0 saturated heterocycles. The van der Waals surface area contributed by atoms with Gasteiger partial charge in [0.1, 0.15) is 0 Å². The van der Waals surface area contributed by atoms with Gasteiger partial charge in [-0.1, -0.05) is 54.1 Å². The van der Waals surface area contributed by atoms with Gasteiger partial charge in [0.2, 0.25) is 0 Å². The molecule has 0 aliphatic carbocycles. The van der Waals surface area contributed by atoms with Crippen molar-refractivity contribution in [2.24, 2.45) is 0 Å². The summed E-state index contributed by atoms with van der Waals surface area (Å²) in [6.07, 6.45) is -0.377. The highest BCUT2D eigenvalue weighted by atomic mass is 35.5. The first kappa shape index (κ1) is 16.9. The van der Waals surface area contributed by atoms with Crippen LogP contribution in [0.4, 0.5) is 0 Å². The Labute approximate surface area is 142 Å². The lowest BCUT2D eigenvalue weighted by molar-refractivity contribution is 0.0623.